The number of amides is 1. The molecule has 1 aromatic carbocycles. The van der Waals surface area contributed by atoms with E-state index in [4.69, 9.17) is 11.6 Å². The van der Waals surface area contributed by atoms with Crippen molar-refractivity contribution in [2.24, 2.45) is 0 Å². The van der Waals surface area contributed by atoms with Crippen LogP contribution in [0.5, 0.6) is 0 Å². The smallest absolute Gasteiger partial charge is 0.252 e. The van der Waals surface area contributed by atoms with Gasteiger partial charge in [-0.25, -0.2) is 4.39 Å². The number of hydrogen-bond acceptors (Lipinski definition) is 3. The van der Waals surface area contributed by atoms with E-state index in [1.807, 2.05) is 13.8 Å². The first kappa shape index (κ1) is 17.4. The minimum absolute atomic E-state index is 0.0127. The number of aliphatic hydroxyl groups excluding tert-OH is 1. The summed E-state index contributed by atoms with van der Waals surface area (Å²) in [4.78, 5) is 16.2. The SMILES string of the molecule is CC(C)c1ccc(C(=O)NCC(O)c2ccc(Cl)c(F)c2)cn1. The highest BCUT2D eigenvalue weighted by Gasteiger charge is 2.13. The summed E-state index contributed by atoms with van der Waals surface area (Å²) < 4.78 is 13.4. The van der Waals surface area contributed by atoms with Crippen molar-refractivity contribution in [1.82, 2.24) is 10.3 Å². The van der Waals surface area contributed by atoms with E-state index in [0.717, 1.165) is 11.8 Å². The quantitative estimate of drug-likeness (QED) is 0.879. The van der Waals surface area contributed by atoms with Crippen molar-refractivity contribution in [3.8, 4) is 0 Å². The van der Waals surface area contributed by atoms with E-state index in [2.05, 4.69) is 10.3 Å². The van der Waals surface area contributed by atoms with E-state index in [9.17, 15) is 14.3 Å². The Kier molecular flexibility index (Phi) is 5.69. The predicted octanol–water partition coefficient (Wildman–Crippen LogP) is 3.46. The molecule has 1 aromatic heterocycles. The number of nitrogens with zero attached hydrogens (tertiary/aromatic N) is 1. The molecule has 0 fully saturated rings. The zero-order chi connectivity index (χ0) is 17.0. The Morgan fingerprint density at radius 1 is 1.35 bits per heavy atom. The molecule has 0 saturated carbocycles. The minimum Gasteiger partial charge on any atom is -0.387 e. The number of nitrogens with one attached hydrogen (secondary N) is 1. The highest BCUT2D eigenvalue weighted by molar-refractivity contribution is 6.30. The van der Waals surface area contributed by atoms with Crippen molar-refractivity contribution in [1.29, 1.82) is 0 Å². The van der Waals surface area contributed by atoms with Gasteiger partial charge in [0.2, 0.25) is 0 Å². The summed E-state index contributed by atoms with van der Waals surface area (Å²) in [5, 5.41) is 12.6. The highest BCUT2D eigenvalue weighted by atomic mass is 35.5. The third kappa shape index (κ3) is 4.50. The van der Waals surface area contributed by atoms with Crippen LogP contribution in [-0.2, 0) is 0 Å². The molecule has 23 heavy (non-hydrogen) atoms. The molecule has 1 amide bonds. The zero-order valence-corrected chi connectivity index (χ0v) is 13.6. The van der Waals surface area contributed by atoms with Crippen LogP contribution in [0, 0.1) is 5.82 Å². The number of aromatic nitrogens is 1. The van der Waals surface area contributed by atoms with Gasteiger partial charge >= 0.3 is 0 Å². The molecule has 1 atom stereocenters. The van der Waals surface area contributed by atoms with Gasteiger partial charge in [-0.1, -0.05) is 31.5 Å². The number of carbonyl (C=O) groups is 1. The molecule has 0 spiro atoms. The van der Waals surface area contributed by atoms with Gasteiger partial charge in [0.05, 0.1) is 16.7 Å². The van der Waals surface area contributed by atoms with Crippen molar-refractivity contribution in [2.75, 3.05) is 6.54 Å². The maximum Gasteiger partial charge on any atom is 0.252 e. The van der Waals surface area contributed by atoms with Gasteiger partial charge in [0, 0.05) is 18.4 Å². The number of aliphatic hydroxyl groups is 1. The summed E-state index contributed by atoms with van der Waals surface area (Å²) in [5.41, 5.74) is 1.66. The van der Waals surface area contributed by atoms with Crippen molar-refractivity contribution < 1.29 is 14.3 Å². The fraction of sp³-hybridized carbons (Fsp3) is 0.294. The molecule has 1 heterocycles. The molecule has 6 heteroatoms. The van der Waals surface area contributed by atoms with Crippen LogP contribution in [0.2, 0.25) is 5.02 Å². The lowest BCUT2D eigenvalue weighted by Gasteiger charge is -2.13. The molecule has 2 N–H and O–H groups in total. The molecule has 1 unspecified atom stereocenters. The highest BCUT2D eigenvalue weighted by Crippen LogP contribution is 2.20. The van der Waals surface area contributed by atoms with E-state index >= 15 is 0 Å². The molecular formula is C17H18ClFN2O2. The second-order valence-corrected chi connectivity index (χ2v) is 5.93. The number of carbonyl (C=O) groups excluding carboxylic acids is 1. The number of benzene rings is 1. The van der Waals surface area contributed by atoms with Gasteiger partial charge in [-0.3, -0.25) is 9.78 Å². The van der Waals surface area contributed by atoms with Crippen LogP contribution in [0.3, 0.4) is 0 Å². The van der Waals surface area contributed by atoms with Gasteiger partial charge in [0.1, 0.15) is 5.82 Å². The first-order chi connectivity index (χ1) is 10.9. The first-order valence-electron chi connectivity index (χ1n) is 7.25. The normalized spacial score (nSPS) is 12.3. The number of hydrogen-bond donors (Lipinski definition) is 2. The Balaban J connectivity index is 1.96. The molecule has 0 aliphatic carbocycles. The van der Waals surface area contributed by atoms with Gasteiger partial charge in [-0.05, 0) is 35.7 Å². The average molecular weight is 337 g/mol. The lowest BCUT2D eigenvalue weighted by atomic mass is 10.1. The van der Waals surface area contributed by atoms with Crippen molar-refractivity contribution in [3.05, 3.63) is 64.2 Å². The van der Waals surface area contributed by atoms with Crippen LogP contribution in [-0.4, -0.2) is 22.5 Å². The van der Waals surface area contributed by atoms with Gasteiger partial charge in [-0.15, -0.1) is 0 Å². The maximum atomic E-state index is 13.4. The van der Waals surface area contributed by atoms with Gasteiger partial charge < -0.3 is 10.4 Å². The average Bonchev–Trinajstić information content (AvgIpc) is 2.54. The number of rotatable bonds is 5. The monoisotopic (exact) mass is 336 g/mol. The van der Waals surface area contributed by atoms with Crippen molar-refractivity contribution in [3.63, 3.8) is 0 Å². The van der Waals surface area contributed by atoms with Crippen LogP contribution in [0.15, 0.2) is 36.5 Å². The zero-order valence-electron chi connectivity index (χ0n) is 12.9. The minimum atomic E-state index is -1.02. The third-order valence-electron chi connectivity index (χ3n) is 3.42. The van der Waals surface area contributed by atoms with E-state index in [-0.39, 0.29) is 23.4 Å². The summed E-state index contributed by atoms with van der Waals surface area (Å²) >= 11 is 5.59. The van der Waals surface area contributed by atoms with Crippen LogP contribution >= 0.6 is 11.6 Å². The van der Waals surface area contributed by atoms with Crippen molar-refractivity contribution >= 4 is 17.5 Å². The van der Waals surface area contributed by atoms with E-state index in [0.29, 0.717) is 11.1 Å². The Morgan fingerprint density at radius 2 is 2.09 bits per heavy atom. The second-order valence-electron chi connectivity index (χ2n) is 5.53. The lowest BCUT2D eigenvalue weighted by molar-refractivity contribution is 0.0916. The molecule has 0 aliphatic heterocycles. The Hall–Kier alpha value is -1.98. The summed E-state index contributed by atoms with van der Waals surface area (Å²) in [6.45, 7) is 4.00. The Labute approximate surface area is 139 Å². The van der Waals surface area contributed by atoms with Crippen LogP contribution in [0.4, 0.5) is 4.39 Å². The predicted molar refractivity (Wildman–Crippen MR) is 87.0 cm³/mol. The standard InChI is InChI=1S/C17H18ClFN2O2/c1-10(2)15-6-4-12(8-20-15)17(23)21-9-16(22)11-3-5-13(18)14(19)7-11/h3-8,10,16,22H,9H2,1-2H3,(H,21,23). The van der Waals surface area contributed by atoms with Gasteiger partial charge in [-0.2, -0.15) is 0 Å². The largest absolute Gasteiger partial charge is 0.387 e. The van der Waals surface area contributed by atoms with Gasteiger partial charge in [0.25, 0.3) is 5.91 Å². The summed E-state index contributed by atoms with van der Waals surface area (Å²) in [7, 11) is 0. The molecule has 0 bridgehead atoms. The molecule has 0 aliphatic rings. The third-order valence-corrected chi connectivity index (χ3v) is 3.73. The molecule has 122 valence electrons. The second kappa shape index (κ2) is 7.53. The number of pyridine rings is 1. The molecule has 0 saturated heterocycles. The van der Waals surface area contributed by atoms with E-state index < -0.39 is 11.9 Å². The fourth-order valence-corrected chi connectivity index (χ4v) is 2.13. The Morgan fingerprint density at radius 3 is 2.65 bits per heavy atom. The Bertz CT molecular complexity index is 689. The van der Waals surface area contributed by atoms with E-state index in [1.54, 1.807) is 12.1 Å². The van der Waals surface area contributed by atoms with Crippen molar-refractivity contribution in [2.45, 2.75) is 25.9 Å². The summed E-state index contributed by atoms with van der Waals surface area (Å²) in [5.74, 6) is -0.668. The molecule has 0 radical (unpaired) electrons. The summed E-state index contributed by atoms with van der Waals surface area (Å²) in [6, 6.07) is 7.52. The molecule has 4 nitrogen and oxygen atoms in total. The molecular weight excluding hydrogens is 319 g/mol. The summed E-state index contributed by atoms with van der Waals surface area (Å²) in [6.07, 6.45) is 0.479. The van der Waals surface area contributed by atoms with Crippen LogP contribution in [0.1, 0.15) is 47.5 Å². The molecule has 2 rings (SSSR count). The number of halogens is 2. The van der Waals surface area contributed by atoms with Crippen LogP contribution < -0.4 is 5.32 Å². The maximum absolute atomic E-state index is 13.4. The van der Waals surface area contributed by atoms with Crippen LogP contribution in [0.25, 0.3) is 0 Å². The lowest BCUT2D eigenvalue weighted by Crippen LogP contribution is -2.28. The fourth-order valence-electron chi connectivity index (χ4n) is 2.01. The van der Waals surface area contributed by atoms with Gasteiger partial charge in [0.15, 0.2) is 0 Å². The molecule has 2 aromatic rings. The topological polar surface area (TPSA) is 62.2 Å². The van der Waals surface area contributed by atoms with E-state index in [1.165, 1.54) is 18.3 Å². The first-order valence-corrected chi connectivity index (χ1v) is 7.63.